The van der Waals surface area contributed by atoms with E-state index in [-0.39, 0.29) is 6.33 Å². The van der Waals surface area contributed by atoms with Gasteiger partial charge in [-0.3, -0.25) is 0 Å². The van der Waals surface area contributed by atoms with Crippen molar-refractivity contribution in [2.24, 2.45) is 0 Å². The molecule has 0 spiro atoms. The van der Waals surface area contributed by atoms with Gasteiger partial charge in [0.25, 0.3) is 0 Å². The van der Waals surface area contributed by atoms with E-state index in [1.807, 2.05) is 42.5 Å². The van der Waals surface area contributed by atoms with Crippen LogP contribution in [0.3, 0.4) is 0 Å². The van der Waals surface area contributed by atoms with Gasteiger partial charge in [-0.2, -0.15) is 0 Å². The summed E-state index contributed by atoms with van der Waals surface area (Å²) < 4.78 is 25.5. The molecule has 0 saturated heterocycles. The first-order chi connectivity index (χ1) is 7.74. The zero-order valence-corrected chi connectivity index (χ0v) is 11.0. The maximum absolute atomic E-state index is 13.3. The van der Waals surface area contributed by atoms with E-state index in [1.54, 1.807) is 0 Å². The van der Waals surface area contributed by atoms with E-state index in [1.165, 1.54) is 0 Å². The van der Waals surface area contributed by atoms with E-state index >= 15 is 0 Å². The first-order valence-corrected chi connectivity index (χ1v) is 6.33. The van der Waals surface area contributed by atoms with Gasteiger partial charge in [-0.1, -0.05) is 42.5 Å². The van der Waals surface area contributed by atoms with Crippen LogP contribution in [0.25, 0.3) is 10.8 Å². The molecule has 0 aromatic heterocycles. The average Bonchev–Trinajstić information content (AvgIpc) is 2.36. The van der Waals surface area contributed by atoms with Crippen LogP contribution >= 0.6 is 0 Å². The Morgan fingerprint density at radius 3 is 2.56 bits per heavy atom. The summed E-state index contributed by atoms with van der Waals surface area (Å²) in [6.07, 6.45) is 0.0689. The third-order valence-electron chi connectivity index (χ3n) is 2.81. The predicted octanol–water partition coefficient (Wildman–Crippen LogP) is 3.03. The maximum atomic E-state index is 13.3. The van der Waals surface area contributed by atoms with Gasteiger partial charge in [0.1, 0.15) is 12.2 Å². The highest BCUT2D eigenvalue weighted by Gasteiger charge is 2.13. The van der Waals surface area contributed by atoms with Gasteiger partial charge in [-0.15, -0.1) is 0 Å². The molecule has 3 heteroatoms. The third kappa shape index (κ3) is 1.91. The molecule has 0 N–H and O–H groups in total. The van der Waals surface area contributed by atoms with Crippen LogP contribution in [0.5, 0.6) is 0 Å². The minimum Gasteiger partial charge on any atom is -0.213 e. The molecule has 82 valence electrons. The van der Waals surface area contributed by atoms with Crippen molar-refractivity contribution in [3.8, 4) is 0 Å². The monoisotopic (exact) mass is 234 g/mol. The largest absolute Gasteiger partial charge is 0.213 e. The summed E-state index contributed by atoms with van der Waals surface area (Å²) >= 11 is 0. The van der Waals surface area contributed by atoms with Crippen LogP contribution in [0.15, 0.2) is 54.6 Å². The second-order valence-electron chi connectivity index (χ2n) is 3.78. The summed E-state index contributed by atoms with van der Waals surface area (Å²) in [4.78, 5) is 0. The number of benzene rings is 2. The van der Waals surface area contributed by atoms with Crippen LogP contribution in [-0.4, -0.2) is 10.2 Å². The maximum Gasteiger partial charge on any atom is 0.132 e. The van der Waals surface area contributed by atoms with Crippen molar-refractivity contribution in [2.45, 2.75) is 5.54 Å². The number of rotatable bonds is 2. The van der Waals surface area contributed by atoms with Crippen molar-refractivity contribution in [2.75, 3.05) is 0 Å². The lowest BCUT2D eigenvalue weighted by molar-refractivity contribution is 0.558. The van der Waals surface area contributed by atoms with Crippen LogP contribution in [0.4, 0.5) is 8.78 Å². The SMILES string of the molecule is FC=C(F)C([SiH3])c1cccc2ccccc12. The van der Waals surface area contributed by atoms with Crippen molar-refractivity contribution in [3.05, 3.63) is 60.2 Å². The van der Waals surface area contributed by atoms with Crippen molar-refractivity contribution in [3.63, 3.8) is 0 Å². The summed E-state index contributed by atoms with van der Waals surface area (Å²) in [5.74, 6) is -0.678. The quantitative estimate of drug-likeness (QED) is 0.701. The molecule has 0 saturated carbocycles. The van der Waals surface area contributed by atoms with Gasteiger partial charge in [0.2, 0.25) is 0 Å². The molecule has 0 fully saturated rings. The number of hydrogen-bond acceptors (Lipinski definition) is 0. The highest BCUT2D eigenvalue weighted by molar-refractivity contribution is 6.15. The Bertz CT molecular complexity index is 529. The van der Waals surface area contributed by atoms with Gasteiger partial charge < -0.3 is 0 Å². The molecule has 1 atom stereocenters. The van der Waals surface area contributed by atoms with Crippen LogP contribution in [0.1, 0.15) is 11.1 Å². The summed E-state index contributed by atoms with van der Waals surface area (Å²) in [6, 6.07) is 13.5. The summed E-state index contributed by atoms with van der Waals surface area (Å²) in [6.45, 7) is 0. The first-order valence-electron chi connectivity index (χ1n) is 5.17. The fourth-order valence-electron chi connectivity index (χ4n) is 1.87. The first kappa shape index (κ1) is 11.0. The van der Waals surface area contributed by atoms with Crippen LogP contribution in [0, 0.1) is 0 Å². The molecule has 0 aliphatic heterocycles. The zero-order chi connectivity index (χ0) is 11.5. The van der Waals surface area contributed by atoms with Crippen LogP contribution < -0.4 is 0 Å². The Morgan fingerprint density at radius 1 is 1.12 bits per heavy atom. The third-order valence-corrected chi connectivity index (χ3v) is 3.98. The fourth-order valence-corrected chi connectivity index (χ4v) is 2.50. The Hall–Kier alpha value is -1.48. The van der Waals surface area contributed by atoms with E-state index in [4.69, 9.17) is 0 Å². The molecule has 1 unspecified atom stereocenters. The normalized spacial score (nSPS) is 14.2. The molecule has 2 aromatic carbocycles. The van der Waals surface area contributed by atoms with E-state index in [9.17, 15) is 8.78 Å². The lowest BCUT2D eigenvalue weighted by Crippen LogP contribution is -1.99. The molecular weight excluding hydrogens is 222 g/mol. The van der Waals surface area contributed by atoms with Crippen molar-refractivity contribution >= 4 is 21.0 Å². The topological polar surface area (TPSA) is 0 Å². The molecule has 0 heterocycles. The molecule has 0 nitrogen and oxygen atoms in total. The van der Waals surface area contributed by atoms with Crippen LogP contribution in [0.2, 0.25) is 0 Å². The molecule has 0 radical (unpaired) electrons. The lowest BCUT2D eigenvalue weighted by atomic mass is 10.0. The van der Waals surface area contributed by atoms with Gasteiger partial charge in [-0.05, 0) is 16.3 Å². The molecule has 2 rings (SSSR count). The molecule has 0 amide bonds. The van der Waals surface area contributed by atoms with Crippen LogP contribution in [-0.2, 0) is 0 Å². The Kier molecular flexibility index (Phi) is 3.15. The van der Waals surface area contributed by atoms with Gasteiger partial charge in [0, 0.05) is 15.8 Å². The summed E-state index contributed by atoms with van der Waals surface area (Å²) in [5.41, 5.74) is 0.465. The average molecular weight is 234 g/mol. The molecule has 0 aliphatic carbocycles. The van der Waals surface area contributed by atoms with E-state index in [2.05, 4.69) is 0 Å². The van der Waals surface area contributed by atoms with E-state index in [0.29, 0.717) is 10.2 Å². The lowest BCUT2D eigenvalue weighted by Gasteiger charge is -2.12. The predicted molar refractivity (Wildman–Crippen MR) is 66.9 cm³/mol. The smallest absolute Gasteiger partial charge is 0.132 e. The van der Waals surface area contributed by atoms with Gasteiger partial charge in [0.05, 0.1) is 0 Å². The standard InChI is InChI=1S/C13H12F2Si/c14-8-12(15)13(16)11-7-3-5-9-4-1-2-6-10(9)11/h1-8,13H,16H3. The second kappa shape index (κ2) is 4.57. The Balaban J connectivity index is 2.60. The number of halogens is 2. The summed E-state index contributed by atoms with van der Waals surface area (Å²) in [5, 5.41) is 2.06. The highest BCUT2D eigenvalue weighted by Crippen LogP contribution is 2.28. The number of fused-ring (bicyclic) bond motifs is 1. The van der Waals surface area contributed by atoms with Gasteiger partial charge >= 0.3 is 0 Å². The zero-order valence-electron chi connectivity index (χ0n) is 8.95. The highest BCUT2D eigenvalue weighted by atomic mass is 28.1. The minimum absolute atomic E-state index is 0.0689. The fraction of sp³-hybridized carbons (Fsp3) is 0.0769. The molecule has 16 heavy (non-hydrogen) atoms. The number of hydrogen-bond donors (Lipinski definition) is 0. The van der Waals surface area contributed by atoms with Crippen molar-refractivity contribution < 1.29 is 8.78 Å². The molecule has 0 aliphatic rings. The molecular formula is C13H12F2Si. The minimum atomic E-state index is -0.678. The number of allylic oxidation sites excluding steroid dienone is 1. The van der Waals surface area contributed by atoms with Crippen molar-refractivity contribution in [1.82, 2.24) is 0 Å². The Labute approximate surface area is 96.0 Å². The van der Waals surface area contributed by atoms with Crippen molar-refractivity contribution in [1.29, 1.82) is 0 Å². The molecule has 2 aromatic rings. The van der Waals surface area contributed by atoms with Gasteiger partial charge in [-0.25, -0.2) is 8.78 Å². The Morgan fingerprint density at radius 2 is 1.81 bits per heavy atom. The second-order valence-corrected chi connectivity index (χ2v) is 4.94. The van der Waals surface area contributed by atoms with E-state index < -0.39 is 11.4 Å². The van der Waals surface area contributed by atoms with Gasteiger partial charge in [0.15, 0.2) is 0 Å². The summed E-state index contributed by atoms with van der Waals surface area (Å²) in [7, 11) is 0.557. The molecule has 0 bridgehead atoms. The van der Waals surface area contributed by atoms with E-state index in [0.717, 1.165) is 16.3 Å².